The van der Waals surface area contributed by atoms with Crippen LogP contribution in [0.2, 0.25) is 0 Å². The van der Waals surface area contributed by atoms with Gasteiger partial charge in [-0.1, -0.05) is 13.3 Å². The van der Waals surface area contributed by atoms with Gasteiger partial charge in [0.2, 0.25) is 0 Å². The van der Waals surface area contributed by atoms with E-state index in [9.17, 15) is 4.79 Å². The minimum Gasteiger partial charge on any atom is -0.337 e. The van der Waals surface area contributed by atoms with Crippen LogP contribution in [0.4, 0.5) is 0 Å². The van der Waals surface area contributed by atoms with Gasteiger partial charge in [-0.3, -0.25) is 4.79 Å². The Labute approximate surface area is 110 Å². The summed E-state index contributed by atoms with van der Waals surface area (Å²) in [4.78, 5) is 18.4. The summed E-state index contributed by atoms with van der Waals surface area (Å²) in [6.07, 6.45) is 5.16. The number of hydrogen-bond acceptors (Lipinski definition) is 2. The van der Waals surface area contributed by atoms with Gasteiger partial charge in [0.1, 0.15) is 5.69 Å². The maximum atomic E-state index is 12.3. The number of likely N-dealkylation sites (tertiary alicyclic amines) is 1. The molecule has 1 amide bonds. The maximum Gasteiger partial charge on any atom is 0.273 e. The lowest BCUT2D eigenvalue weighted by Crippen LogP contribution is -2.40. The van der Waals surface area contributed by atoms with Crippen molar-refractivity contribution in [3.8, 4) is 0 Å². The van der Waals surface area contributed by atoms with Crippen molar-refractivity contribution in [3.63, 3.8) is 0 Å². The number of rotatable bonds is 2. The van der Waals surface area contributed by atoms with Crippen LogP contribution < -0.4 is 0 Å². The number of carbonyl (C=O) groups is 1. The summed E-state index contributed by atoms with van der Waals surface area (Å²) in [6.45, 7) is 3.92. The Balaban J connectivity index is 2.12. The monoisotopic (exact) mass is 296 g/mol. The molecule has 2 rings (SSSR count). The molecule has 0 aliphatic carbocycles. The molecule has 0 aromatic carbocycles. The van der Waals surface area contributed by atoms with Crippen molar-refractivity contribution in [3.05, 3.63) is 28.5 Å². The molecule has 1 fully saturated rings. The fourth-order valence-electron chi connectivity index (χ4n) is 2.28. The van der Waals surface area contributed by atoms with E-state index in [0.29, 0.717) is 11.6 Å². The van der Waals surface area contributed by atoms with Crippen LogP contribution in [0.3, 0.4) is 0 Å². The molecule has 1 saturated heterocycles. The van der Waals surface area contributed by atoms with Gasteiger partial charge >= 0.3 is 0 Å². The van der Waals surface area contributed by atoms with Crippen molar-refractivity contribution in [2.24, 2.45) is 5.92 Å². The molecule has 1 atom stereocenters. The number of piperidine rings is 1. The van der Waals surface area contributed by atoms with Crippen molar-refractivity contribution in [2.75, 3.05) is 13.1 Å². The molecule has 1 unspecified atom stereocenters. The molecule has 1 aromatic heterocycles. The van der Waals surface area contributed by atoms with Gasteiger partial charge < -0.3 is 4.90 Å². The van der Waals surface area contributed by atoms with Crippen molar-refractivity contribution in [1.82, 2.24) is 9.88 Å². The number of pyridine rings is 1. The SMILES string of the molecule is CCC1CCCN(C(=O)c2ncccc2Br)C1. The Morgan fingerprint density at radius 3 is 3.18 bits per heavy atom. The summed E-state index contributed by atoms with van der Waals surface area (Å²) in [5.74, 6) is 0.700. The number of aromatic nitrogens is 1. The topological polar surface area (TPSA) is 33.2 Å². The lowest BCUT2D eigenvalue weighted by molar-refractivity contribution is 0.0664. The molecule has 0 radical (unpaired) electrons. The van der Waals surface area contributed by atoms with E-state index in [2.05, 4.69) is 27.8 Å². The van der Waals surface area contributed by atoms with Crippen LogP contribution in [-0.2, 0) is 0 Å². The van der Waals surface area contributed by atoms with Crippen LogP contribution >= 0.6 is 15.9 Å². The highest BCUT2D eigenvalue weighted by atomic mass is 79.9. The average molecular weight is 297 g/mol. The number of nitrogens with zero attached hydrogens (tertiary/aromatic N) is 2. The van der Waals surface area contributed by atoms with E-state index in [1.807, 2.05) is 17.0 Å². The lowest BCUT2D eigenvalue weighted by atomic mass is 9.95. The van der Waals surface area contributed by atoms with Crippen LogP contribution in [0, 0.1) is 5.92 Å². The van der Waals surface area contributed by atoms with Crippen molar-refractivity contribution >= 4 is 21.8 Å². The predicted octanol–water partition coefficient (Wildman–Crippen LogP) is 3.11. The molecule has 1 aromatic rings. The van der Waals surface area contributed by atoms with Gasteiger partial charge in [-0.05, 0) is 46.8 Å². The Morgan fingerprint density at radius 2 is 2.47 bits per heavy atom. The molecule has 4 heteroatoms. The van der Waals surface area contributed by atoms with Gasteiger partial charge in [-0.25, -0.2) is 4.98 Å². The summed E-state index contributed by atoms with van der Waals surface area (Å²) < 4.78 is 0.781. The summed E-state index contributed by atoms with van der Waals surface area (Å²) >= 11 is 3.39. The molecule has 3 nitrogen and oxygen atoms in total. The lowest BCUT2D eigenvalue weighted by Gasteiger charge is -2.32. The highest BCUT2D eigenvalue weighted by Crippen LogP contribution is 2.22. The Kier molecular flexibility index (Phi) is 4.15. The smallest absolute Gasteiger partial charge is 0.273 e. The second kappa shape index (κ2) is 5.63. The Bertz CT molecular complexity index is 408. The van der Waals surface area contributed by atoms with E-state index in [4.69, 9.17) is 0 Å². The molecule has 0 N–H and O–H groups in total. The molecule has 2 heterocycles. The van der Waals surface area contributed by atoms with E-state index in [-0.39, 0.29) is 5.91 Å². The predicted molar refractivity (Wildman–Crippen MR) is 70.9 cm³/mol. The van der Waals surface area contributed by atoms with Crippen LogP contribution in [0.15, 0.2) is 22.8 Å². The summed E-state index contributed by atoms with van der Waals surface area (Å²) in [5, 5.41) is 0. The third-order valence-electron chi connectivity index (χ3n) is 3.34. The minimum atomic E-state index is 0.0515. The zero-order valence-corrected chi connectivity index (χ0v) is 11.6. The van der Waals surface area contributed by atoms with Crippen molar-refractivity contribution < 1.29 is 4.79 Å². The van der Waals surface area contributed by atoms with Crippen LogP contribution in [0.25, 0.3) is 0 Å². The highest BCUT2D eigenvalue weighted by molar-refractivity contribution is 9.10. The van der Waals surface area contributed by atoms with Crippen LogP contribution in [0.5, 0.6) is 0 Å². The van der Waals surface area contributed by atoms with Gasteiger partial charge in [-0.15, -0.1) is 0 Å². The molecule has 0 bridgehead atoms. The first-order valence-corrected chi connectivity index (χ1v) is 6.91. The van der Waals surface area contributed by atoms with Crippen molar-refractivity contribution in [2.45, 2.75) is 26.2 Å². The van der Waals surface area contributed by atoms with Crippen molar-refractivity contribution in [1.29, 1.82) is 0 Å². The fraction of sp³-hybridized carbons (Fsp3) is 0.538. The molecule has 0 spiro atoms. The first kappa shape index (κ1) is 12.6. The molecule has 1 aliphatic rings. The van der Waals surface area contributed by atoms with E-state index < -0.39 is 0 Å². The second-order valence-electron chi connectivity index (χ2n) is 4.50. The summed E-state index contributed by atoms with van der Waals surface area (Å²) in [6, 6.07) is 3.69. The van der Waals surface area contributed by atoms with Gasteiger partial charge in [0, 0.05) is 23.8 Å². The zero-order chi connectivity index (χ0) is 12.3. The normalized spacial score (nSPS) is 20.4. The number of hydrogen-bond donors (Lipinski definition) is 0. The fourth-order valence-corrected chi connectivity index (χ4v) is 2.70. The van der Waals surface area contributed by atoms with E-state index >= 15 is 0 Å². The Morgan fingerprint density at radius 1 is 1.65 bits per heavy atom. The first-order chi connectivity index (χ1) is 8.22. The highest BCUT2D eigenvalue weighted by Gasteiger charge is 2.25. The molecule has 92 valence electrons. The minimum absolute atomic E-state index is 0.0515. The van der Waals surface area contributed by atoms with Gasteiger partial charge in [0.05, 0.1) is 0 Å². The third kappa shape index (κ3) is 2.86. The average Bonchev–Trinajstić information content (AvgIpc) is 2.38. The van der Waals surface area contributed by atoms with E-state index in [0.717, 1.165) is 30.4 Å². The number of carbonyl (C=O) groups excluding carboxylic acids is 1. The molecule has 17 heavy (non-hydrogen) atoms. The van der Waals surface area contributed by atoms with Gasteiger partial charge in [-0.2, -0.15) is 0 Å². The van der Waals surface area contributed by atoms with Crippen LogP contribution in [0.1, 0.15) is 36.7 Å². The second-order valence-corrected chi connectivity index (χ2v) is 5.36. The third-order valence-corrected chi connectivity index (χ3v) is 3.98. The maximum absolute atomic E-state index is 12.3. The largest absolute Gasteiger partial charge is 0.337 e. The number of halogens is 1. The molecular formula is C13H17BrN2O. The molecule has 1 aliphatic heterocycles. The standard InChI is InChI=1S/C13H17BrN2O/c1-2-10-5-4-8-16(9-10)13(17)12-11(14)6-3-7-15-12/h3,6-7,10H,2,4-5,8-9H2,1H3. The Hall–Kier alpha value is -0.900. The quantitative estimate of drug-likeness (QED) is 0.840. The van der Waals surface area contributed by atoms with Crippen LogP contribution in [-0.4, -0.2) is 28.9 Å². The zero-order valence-electron chi connectivity index (χ0n) is 10.0. The number of amides is 1. The molecular weight excluding hydrogens is 280 g/mol. The summed E-state index contributed by atoms with van der Waals surface area (Å²) in [5.41, 5.74) is 0.532. The van der Waals surface area contributed by atoms with E-state index in [1.165, 1.54) is 6.42 Å². The first-order valence-electron chi connectivity index (χ1n) is 6.12. The van der Waals surface area contributed by atoms with Gasteiger partial charge in [0.15, 0.2) is 0 Å². The summed E-state index contributed by atoms with van der Waals surface area (Å²) in [7, 11) is 0. The molecule has 0 saturated carbocycles. The van der Waals surface area contributed by atoms with Gasteiger partial charge in [0.25, 0.3) is 5.91 Å². The van der Waals surface area contributed by atoms with E-state index in [1.54, 1.807) is 6.20 Å².